The number of fused-ring (bicyclic) bond motifs is 2. The molecule has 1 aromatic carbocycles. The number of hydrogen-bond donors (Lipinski definition) is 1. The van der Waals surface area contributed by atoms with E-state index in [2.05, 4.69) is 11.4 Å². The third-order valence-electron chi connectivity index (χ3n) is 3.73. The maximum atomic E-state index is 11.4. The lowest BCUT2D eigenvalue weighted by Gasteiger charge is -2.26. The molecule has 0 saturated heterocycles. The summed E-state index contributed by atoms with van der Waals surface area (Å²) in [4.78, 5) is 11.4. The second-order valence-electron chi connectivity index (χ2n) is 4.75. The van der Waals surface area contributed by atoms with Crippen LogP contribution in [0.3, 0.4) is 0 Å². The molecule has 16 heavy (non-hydrogen) atoms. The molecule has 1 aliphatic heterocycles. The van der Waals surface area contributed by atoms with Gasteiger partial charge >= 0.3 is 5.97 Å². The Hall–Kier alpha value is -1.35. The van der Waals surface area contributed by atoms with Gasteiger partial charge in [-0.3, -0.25) is 0 Å². The maximum Gasteiger partial charge on any atom is 0.337 e. The molecule has 2 aliphatic rings. The molecule has 0 amide bonds. The number of carbonyl (C=O) groups excluding carboxylic acids is 1. The Morgan fingerprint density at radius 1 is 1.44 bits per heavy atom. The average molecular weight is 217 g/mol. The van der Waals surface area contributed by atoms with Gasteiger partial charge in [0.25, 0.3) is 0 Å². The van der Waals surface area contributed by atoms with Crippen molar-refractivity contribution in [1.82, 2.24) is 5.32 Å². The molecule has 0 unspecified atom stereocenters. The highest BCUT2D eigenvalue weighted by Gasteiger charge is 2.46. The summed E-state index contributed by atoms with van der Waals surface area (Å²) in [5.74, 6) is -0.252. The zero-order valence-corrected chi connectivity index (χ0v) is 9.38. The normalized spacial score (nSPS) is 20.3. The van der Waals surface area contributed by atoms with E-state index in [9.17, 15) is 4.79 Å². The largest absolute Gasteiger partial charge is 0.465 e. The Labute approximate surface area is 94.8 Å². The third-order valence-corrected chi connectivity index (χ3v) is 3.73. The van der Waals surface area contributed by atoms with Gasteiger partial charge in [-0.25, -0.2) is 4.79 Å². The standard InChI is InChI=1S/C13H15NO2/c1-16-12(15)9-2-3-11-10(6-9)7-14-8-13(11)4-5-13/h2-3,6,14H,4-5,7-8H2,1H3. The van der Waals surface area contributed by atoms with Gasteiger partial charge in [0.2, 0.25) is 0 Å². The third kappa shape index (κ3) is 1.35. The van der Waals surface area contributed by atoms with Gasteiger partial charge < -0.3 is 10.1 Å². The van der Waals surface area contributed by atoms with Crippen LogP contribution in [0.4, 0.5) is 0 Å². The van der Waals surface area contributed by atoms with Crippen LogP contribution in [0.25, 0.3) is 0 Å². The Morgan fingerprint density at radius 2 is 2.25 bits per heavy atom. The van der Waals surface area contributed by atoms with Gasteiger partial charge in [-0.2, -0.15) is 0 Å². The van der Waals surface area contributed by atoms with E-state index in [-0.39, 0.29) is 5.97 Å². The molecule has 1 heterocycles. The lowest BCUT2D eigenvalue weighted by molar-refractivity contribution is 0.0600. The topological polar surface area (TPSA) is 38.3 Å². The molecule has 1 aromatic rings. The molecule has 84 valence electrons. The van der Waals surface area contributed by atoms with E-state index < -0.39 is 0 Å². The molecule has 0 atom stereocenters. The maximum absolute atomic E-state index is 11.4. The molecule has 0 bridgehead atoms. The minimum atomic E-state index is -0.252. The number of benzene rings is 1. The summed E-state index contributed by atoms with van der Waals surface area (Å²) in [6.07, 6.45) is 2.54. The van der Waals surface area contributed by atoms with Crippen LogP contribution in [0.15, 0.2) is 18.2 Å². The summed E-state index contributed by atoms with van der Waals surface area (Å²) in [5.41, 5.74) is 3.72. The first kappa shape index (κ1) is 9.85. The number of carbonyl (C=O) groups is 1. The van der Waals surface area contributed by atoms with E-state index in [1.807, 2.05) is 12.1 Å². The van der Waals surface area contributed by atoms with Gasteiger partial charge in [-0.1, -0.05) is 6.07 Å². The lowest BCUT2D eigenvalue weighted by atomic mass is 9.87. The molecule has 0 aromatic heterocycles. The van der Waals surface area contributed by atoms with Gasteiger partial charge in [0, 0.05) is 18.5 Å². The van der Waals surface area contributed by atoms with Crippen molar-refractivity contribution in [2.45, 2.75) is 24.8 Å². The zero-order chi connectivity index (χ0) is 11.2. The van der Waals surface area contributed by atoms with E-state index in [0.717, 1.165) is 13.1 Å². The van der Waals surface area contributed by atoms with E-state index in [1.165, 1.54) is 31.1 Å². The summed E-state index contributed by atoms with van der Waals surface area (Å²) < 4.78 is 4.74. The van der Waals surface area contributed by atoms with Crippen molar-refractivity contribution in [3.05, 3.63) is 34.9 Å². The van der Waals surface area contributed by atoms with Gasteiger partial charge in [0.15, 0.2) is 0 Å². The Morgan fingerprint density at radius 3 is 2.94 bits per heavy atom. The Kier molecular flexibility index (Phi) is 2.04. The first-order chi connectivity index (χ1) is 7.75. The van der Waals surface area contributed by atoms with Crippen molar-refractivity contribution >= 4 is 5.97 Å². The van der Waals surface area contributed by atoms with Crippen molar-refractivity contribution in [2.75, 3.05) is 13.7 Å². The smallest absolute Gasteiger partial charge is 0.337 e. The molecule has 0 radical (unpaired) electrons. The molecule has 1 N–H and O–H groups in total. The quantitative estimate of drug-likeness (QED) is 0.726. The Balaban J connectivity index is 2.02. The van der Waals surface area contributed by atoms with Crippen LogP contribution in [0.1, 0.15) is 34.3 Å². The van der Waals surface area contributed by atoms with Crippen molar-refractivity contribution < 1.29 is 9.53 Å². The van der Waals surface area contributed by atoms with Crippen LogP contribution in [-0.4, -0.2) is 19.6 Å². The van der Waals surface area contributed by atoms with Crippen LogP contribution in [0.5, 0.6) is 0 Å². The first-order valence-electron chi connectivity index (χ1n) is 5.68. The van der Waals surface area contributed by atoms with E-state index in [0.29, 0.717) is 11.0 Å². The predicted molar refractivity (Wildman–Crippen MR) is 60.4 cm³/mol. The van der Waals surface area contributed by atoms with Gasteiger partial charge in [-0.05, 0) is 36.1 Å². The number of methoxy groups -OCH3 is 1. The summed E-state index contributed by atoms with van der Waals surface area (Å²) >= 11 is 0. The van der Waals surface area contributed by atoms with E-state index in [1.54, 1.807) is 0 Å². The average Bonchev–Trinajstić information content (AvgIpc) is 3.08. The van der Waals surface area contributed by atoms with Gasteiger partial charge in [0.1, 0.15) is 0 Å². The predicted octanol–water partition coefficient (Wildman–Crippen LogP) is 1.61. The minimum absolute atomic E-state index is 0.252. The lowest BCUT2D eigenvalue weighted by Crippen LogP contribution is -2.33. The van der Waals surface area contributed by atoms with Crippen LogP contribution in [0, 0.1) is 0 Å². The molecular formula is C13H15NO2. The molecule has 1 fully saturated rings. The van der Waals surface area contributed by atoms with Crippen molar-refractivity contribution in [3.63, 3.8) is 0 Å². The monoisotopic (exact) mass is 217 g/mol. The highest BCUT2D eigenvalue weighted by Crippen LogP contribution is 2.50. The molecule has 1 aliphatic carbocycles. The van der Waals surface area contributed by atoms with Crippen LogP contribution in [-0.2, 0) is 16.7 Å². The first-order valence-corrected chi connectivity index (χ1v) is 5.68. The Bertz CT molecular complexity index is 449. The van der Waals surface area contributed by atoms with Crippen LogP contribution >= 0.6 is 0 Å². The highest BCUT2D eigenvalue weighted by atomic mass is 16.5. The number of rotatable bonds is 1. The SMILES string of the molecule is COC(=O)c1ccc2c(c1)CNCC21CC1. The summed E-state index contributed by atoms with van der Waals surface area (Å²) in [5, 5.41) is 3.43. The van der Waals surface area contributed by atoms with Crippen LogP contribution < -0.4 is 5.32 Å². The zero-order valence-electron chi connectivity index (χ0n) is 9.38. The molecule has 3 nitrogen and oxygen atoms in total. The second kappa shape index (κ2) is 3.32. The van der Waals surface area contributed by atoms with E-state index in [4.69, 9.17) is 4.74 Å². The minimum Gasteiger partial charge on any atom is -0.465 e. The fourth-order valence-electron chi connectivity index (χ4n) is 2.63. The number of ether oxygens (including phenoxy) is 1. The second-order valence-corrected chi connectivity index (χ2v) is 4.75. The highest BCUT2D eigenvalue weighted by molar-refractivity contribution is 5.89. The fraction of sp³-hybridized carbons (Fsp3) is 0.462. The molecule has 3 heteroatoms. The van der Waals surface area contributed by atoms with E-state index >= 15 is 0 Å². The summed E-state index contributed by atoms with van der Waals surface area (Å²) in [7, 11) is 1.42. The number of nitrogens with one attached hydrogen (secondary N) is 1. The van der Waals surface area contributed by atoms with Crippen molar-refractivity contribution in [2.24, 2.45) is 0 Å². The molecule has 3 rings (SSSR count). The molecular weight excluding hydrogens is 202 g/mol. The fourth-order valence-corrected chi connectivity index (χ4v) is 2.63. The molecule has 1 saturated carbocycles. The number of hydrogen-bond acceptors (Lipinski definition) is 3. The molecule has 1 spiro atoms. The number of esters is 1. The van der Waals surface area contributed by atoms with Crippen molar-refractivity contribution in [1.29, 1.82) is 0 Å². The van der Waals surface area contributed by atoms with Crippen LogP contribution in [0.2, 0.25) is 0 Å². The summed E-state index contributed by atoms with van der Waals surface area (Å²) in [6.45, 7) is 1.94. The summed E-state index contributed by atoms with van der Waals surface area (Å²) in [6, 6.07) is 5.96. The van der Waals surface area contributed by atoms with Gasteiger partial charge in [-0.15, -0.1) is 0 Å². The van der Waals surface area contributed by atoms with Gasteiger partial charge in [0.05, 0.1) is 12.7 Å². The van der Waals surface area contributed by atoms with Crippen molar-refractivity contribution in [3.8, 4) is 0 Å².